The van der Waals surface area contributed by atoms with Gasteiger partial charge >= 0.3 is 5.69 Å². The van der Waals surface area contributed by atoms with Crippen molar-refractivity contribution in [1.29, 1.82) is 0 Å². The van der Waals surface area contributed by atoms with Gasteiger partial charge in [0.25, 0.3) is 0 Å². The molecule has 0 bridgehead atoms. The van der Waals surface area contributed by atoms with Gasteiger partial charge in [-0.15, -0.1) is 0 Å². The SMILES string of the molecule is CCOc1ccc(OCCNC(=O)Cn2nc(C)c([N+](=O)[O-])c2C)cc1. The van der Waals surface area contributed by atoms with Crippen LogP contribution < -0.4 is 14.8 Å². The number of carbonyl (C=O) groups is 1. The van der Waals surface area contributed by atoms with Gasteiger partial charge in [-0.3, -0.25) is 19.6 Å². The van der Waals surface area contributed by atoms with E-state index in [2.05, 4.69) is 10.4 Å². The Bertz CT molecular complexity index is 770. The van der Waals surface area contributed by atoms with Gasteiger partial charge in [-0.1, -0.05) is 0 Å². The van der Waals surface area contributed by atoms with Gasteiger partial charge in [0, 0.05) is 0 Å². The van der Waals surface area contributed by atoms with Crippen LogP contribution in [0.15, 0.2) is 24.3 Å². The normalized spacial score (nSPS) is 10.4. The molecular formula is C17H22N4O5. The van der Waals surface area contributed by atoms with Gasteiger partial charge < -0.3 is 14.8 Å². The molecule has 0 saturated carbocycles. The zero-order valence-electron chi connectivity index (χ0n) is 15.0. The molecule has 2 aromatic rings. The lowest BCUT2D eigenvalue weighted by atomic mass is 10.3. The van der Waals surface area contributed by atoms with E-state index in [1.54, 1.807) is 26.0 Å². The van der Waals surface area contributed by atoms with Crippen LogP contribution in [-0.4, -0.2) is 40.4 Å². The second kappa shape index (κ2) is 8.84. The zero-order valence-corrected chi connectivity index (χ0v) is 15.0. The molecule has 1 aromatic heterocycles. The number of nitrogens with zero attached hydrogens (tertiary/aromatic N) is 3. The Morgan fingerprint density at radius 3 is 2.38 bits per heavy atom. The molecule has 0 fully saturated rings. The second-order valence-electron chi connectivity index (χ2n) is 5.54. The summed E-state index contributed by atoms with van der Waals surface area (Å²) in [4.78, 5) is 22.5. The Balaban J connectivity index is 1.77. The summed E-state index contributed by atoms with van der Waals surface area (Å²) in [6.45, 7) is 6.17. The Morgan fingerprint density at radius 2 is 1.85 bits per heavy atom. The molecule has 0 aliphatic rings. The number of hydrogen-bond donors (Lipinski definition) is 1. The summed E-state index contributed by atoms with van der Waals surface area (Å²) in [7, 11) is 0. The summed E-state index contributed by atoms with van der Waals surface area (Å²) in [6.07, 6.45) is 0. The van der Waals surface area contributed by atoms with Crippen LogP contribution in [0.25, 0.3) is 0 Å². The maximum atomic E-state index is 12.0. The molecule has 1 heterocycles. The third kappa shape index (κ3) is 4.95. The van der Waals surface area contributed by atoms with Crippen molar-refractivity contribution in [3.05, 3.63) is 45.8 Å². The fraction of sp³-hybridized carbons (Fsp3) is 0.412. The molecule has 2 rings (SSSR count). The topological polar surface area (TPSA) is 109 Å². The fourth-order valence-electron chi connectivity index (χ4n) is 2.46. The van der Waals surface area contributed by atoms with E-state index in [1.165, 1.54) is 4.68 Å². The maximum Gasteiger partial charge on any atom is 0.312 e. The largest absolute Gasteiger partial charge is 0.494 e. The van der Waals surface area contributed by atoms with Gasteiger partial charge in [-0.25, -0.2) is 0 Å². The van der Waals surface area contributed by atoms with E-state index in [1.807, 2.05) is 19.1 Å². The van der Waals surface area contributed by atoms with Crippen molar-refractivity contribution in [3.63, 3.8) is 0 Å². The minimum atomic E-state index is -0.489. The summed E-state index contributed by atoms with van der Waals surface area (Å²) >= 11 is 0. The highest BCUT2D eigenvalue weighted by Crippen LogP contribution is 2.21. The summed E-state index contributed by atoms with van der Waals surface area (Å²) < 4.78 is 12.2. The smallest absolute Gasteiger partial charge is 0.312 e. The van der Waals surface area contributed by atoms with Crippen molar-refractivity contribution in [2.24, 2.45) is 0 Å². The molecule has 0 aliphatic carbocycles. The number of aryl methyl sites for hydroxylation is 1. The number of hydrogen-bond acceptors (Lipinski definition) is 6. The molecule has 1 amide bonds. The van der Waals surface area contributed by atoms with Crippen molar-refractivity contribution in [1.82, 2.24) is 15.1 Å². The molecule has 0 radical (unpaired) electrons. The number of ether oxygens (including phenoxy) is 2. The third-order valence-electron chi connectivity index (χ3n) is 3.65. The Hall–Kier alpha value is -3.10. The van der Waals surface area contributed by atoms with E-state index in [-0.39, 0.29) is 18.1 Å². The van der Waals surface area contributed by atoms with Crippen molar-refractivity contribution in [3.8, 4) is 11.5 Å². The van der Waals surface area contributed by atoms with Gasteiger partial charge in [0.15, 0.2) is 0 Å². The highest BCUT2D eigenvalue weighted by molar-refractivity contribution is 5.75. The molecule has 9 heteroatoms. The van der Waals surface area contributed by atoms with Crippen molar-refractivity contribution in [2.45, 2.75) is 27.3 Å². The second-order valence-corrected chi connectivity index (χ2v) is 5.54. The van der Waals surface area contributed by atoms with Gasteiger partial charge in [0.2, 0.25) is 5.91 Å². The lowest BCUT2D eigenvalue weighted by Gasteiger charge is -2.09. The lowest BCUT2D eigenvalue weighted by molar-refractivity contribution is -0.386. The van der Waals surface area contributed by atoms with Crippen LogP contribution in [0, 0.1) is 24.0 Å². The Kier molecular flexibility index (Phi) is 6.54. The Morgan fingerprint density at radius 1 is 1.23 bits per heavy atom. The van der Waals surface area contributed by atoms with E-state index < -0.39 is 4.92 Å². The number of benzene rings is 1. The first-order chi connectivity index (χ1) is 12.4. The van der Waals surface area contributed by atoms with Crippen LogP contribution in [0.2, 0.25) is 0 Å². The first-order valence-electron chi connectivity index (χ1n) is 8.23. The zero-order chi connectivity index (χ0) is 19.1. The first kappa shape index (κ1) is 19.2. The van der Waals surface area contributed by atoms with Crippen molar-refractivity contribution >= 4 is 11.6 Å². The average molecular weight is 362 g/mol. The summed E-state index contributed by atoms with van der Waals surface area (Å²) in [5.74, 6) is 1.16. The minimum Gasteiger partial charge on any atom is -0.494 e. The monoisotopic (exact) mass is 362 g/mol. The van der Waals surface area contributed by atoms with Crippen LogP contribution in [-0.2, 0) is 11.3 Å². The maximum absolute atomic E-state index is 12.0. The molecule has 9 nitrogen and oxygen atoms in total. The molecule has 0 atom stereocenters. The van der Waals surface area contributed by atoms with Gasteiger partial charge in [0.1, 0.15) is 36.0 Å². The summed E-state index contributed by atoms with van der Waals surface area (Å²) in [5.41, 5.74) is 0.587. The van der Waals surface area contributed by atoms with Gasteiger partial charge in [0.05, 0.1) is 18.1 Å². The van der Waals surface area contributed by atoms with Crippen LogP contribution >= 0.6 is 0 Å². The first-order valence-corrected chi connectivity index (χ1v) is 8.23. The predicted molar refractivity (Wildman–Crippen MR) is 94.5 cm³/mol. The highest BCUT2D eigenvalue weighted by Gasteiger charge is 2.22. The van der Waals surface area contributed by atoms with E-state index in [4.69, 9.17) is 9.47 Å². The fourth-order valence-corrected chi connectivity index (χ4v) is 2.46. The minimum absolute atomic E-state index is 0.0587. The van der Waals surface area contributed by atoms with E-state index in [9.17, 15) is 14.9 Å². The quantitative estimate of drug-likeness (QED) is 0.415. The van der Waals surface area contributed by atoms with Crippen LogP contribution in [0.5, 0.6) is 11.5 Å². The molecule has 1 N–H and O–H groups in total. The molecule has 0 saturated heterocycles. The highest BCUT2D eigenvalue weighted by atomic mass is 16.6. The van der Waals surface area contributed by atoms with Crippen molar-refractivity contribution < 1.29 is 19.2 Å². The van der Waals surface area contributed by atoms with E-state index >= 15 is 0 Å². The van der Waals surface area contributed by atoms with E-state index in [0.717, 1.165) is 5.75 Å². The molecule has 26 heavy (non-hydrogen) atoms. The van der Waals surface area contributed by atoms with Gasteiger partial charge in [-0.05, 0) is 45.0 Å². The molecule has 0 spiro atoms. The van der Waals surface area contributed by atoms with Crippen LogP contribution in [0.3, 0.4) is 0 Å². The van der Waals surface area contributed by atoms with Crippen molar-refractivity contribution in [2.75, 3.05) is 19.8 Å². The number of nitrogens with one attached hydrogen (secondary N) is 1. The summed E-state index contributed by atoms with van der Waals surface area (Å²) in [5, 5.41) is 17.7. The van der Waals surface area contributed by atoms with Gasteiger partial charge in [-0.2, -0.15) is 5.10 Å². The average Bonchev–Trinajstić information content (AvgIpc) is 2.87. The predicted octanol–water partition coefficient (Wildman–Crippen LogP) is 2.00. The van der Waals surface area contributed by atoms with Crippen LogP contribution in [0.4, 0.5) is 5.69 Å². The molecule has 0 unspecified atom stereocenters. The number of rotatable bonds is 9. The number of carbonyl (C=O) groups excluding carboxylic acids is 1. The number of nitro groups is 1. The summed E-state index contributed by atoms with van der Waals surface area (Å²) in [6, 6.07) is 7.21. The lowest BCUT2D eigenvalue weighted by Crippen LogP contribution is -2.31. The Labute approximate surface area is 151 Å². The standard InChI is InChI=1S/C17H22N4O5/c1-4-25-14-5-7-15(8-6-14)26-10-9-18-16(22)11-20-13(3)17(21(23)24)12(2)19-20/h5-8H,4,9-11H2,1-3H3,(H,18,22). The number of amides is 1. The van der Waals surface area contributed by atoms with E-state index in [0.29, 0.717) is 36.9 Å². The third-order valence-corrected chi connectivity index (χ3v) is 3.65. The number of aromatic nitrogens is 2. The molecular weight excluding hydrogens is 340 g/mol. The molecule has 140 valence electrons. The molecule has 0 aliphatic heterocycles. The molecule has 1 aromatic carbocycles. The van der Waals surface area contributed by atoms with Crippen LogP contribution in [0.1, 0.15) is 18.3 Å².